The minimum atomic E-state index is -0.426. The van der Waals surface area contributed by atoms with E-state index in [-0.39, 0.29) is 11.8 Å². The summed E-state index contributed by atoms with van der Waals surface area (Å²) in [6.07, 6.45) is 1.30. The first-order valence-electron chi connectivity index (χ1n) is 8.13. The van der Waals surface area contributed by atoms with Crippen molar-refractivity contribution in [1.29, 1.82) is 0 Å². The lowest BCUT2D eigenvalue weighted by Gasteiger charge is -2.23. The molecule has 0 aliphatic carbocycles. The zero-order chi connectivity index (χ0) is 17.0. The molecule has 23 heavy (non-hydrogen) atoms. The third-order valence-electron chi connectivity index (χ3n) is 3.85. The number of thioether (sulfide) groups is 1. The van der Waals surface area contributed by atoms with Crippen LogP contribution in [-0.2, 0) is 9.59 Å². The Labute approximate surface area is 143 Å². The number of nitrogens with one attached hydrogen (secondary N) is 1. The smallest absolute Gasteiger partial charge is 0.228 e. The highest BCUT2D eigenvalue weighted by atomic mass is 32.2. The van der Waals surface area contributed by atoms with Crippen molar-refractivity contribution in [3.05, 3.63) is 24.3 Å². The van der Waals surface area contributed by atoms with Gasteiger partial charge < -0.3 is 10.2 Å². The molecule has 1 heterocycles. The molecule has 1 aliphatic heterocycles. The molecule has 1 aromatic carbocycles. The van der Waals surface area contributed by atoms with Crippen LogP contribution in [0.3, 0.4) is 0 Å². The zero-order valence-corrected chi connectivity index (χ0v) is 15.2. The number of fused-ring (bicyclic) bond motifs is 1. The van der Waals surface area contributed by atoms with Crippen LogP contribution in [-0.4, -0.2) is 30.2 Å². The zero-order valence-electron chi connectivity index (χ0n) is 14.4. The van der Waals surface area contributed by atoms with Gasteiger partial charge in [0, 0.05) is 35.1 Å². The molecule has 0 bridgehead atoms. The molecule has 2 rings (SSSR count). The minimum absolute atomic E-state index is 0.0225. The Morgan fingerprint density at radius 3 is 2.70 bits per heavy atom. The number of carbonyl (C=O) groups excluding carboxylic acids is 2. The monoisotopic (exact) mass is 334 g/mol. The molecule has 0 saturated heterocycles. The maximum atomic E-state index is 12.6. The van der Waals surface area contributed by atoms with Crippen LogP contribution in [0.2, 0.25) is 0 Å². The van der Waals surface area contributed by atoms with Gasteiger partial charge >= 0.3 is 0 Å². The van der Waals surface area contributed by atoms with E-state index in [2.05, 4.69) is 18.3 Å². The van der Waals surface area contributed by atoms with Crippen molar-refractivity contribution in [2.24, 2.45) is 5.41 Å². The molecule has 0 fully saturated rings. The van der Waals surface area contributed by atoms with E-state index in [0.29, 0.717) is 18.2 Å². The second kappa shape index (κ2) is 7.39. The lowest BCUT2D eigenvalue weighted by molar-refractivity contribution is -0.128. The van der Waals surface area contributed by atoms with Crippen LogP contribution in [0.1, 0.15) is 40.5 Å². The molecule has 1 N–H and O–H groups in total. The van der Waals surface area contributed by atoms with E-state index >= 15 is 0 Å². The average molecular weight is 334 g/mol. The Morgan fingerprint density at radius 1 is 1.30 bits per heavy atom. The number of hydrogen-bond acceptors (Lipinski definition) is 3. The van der Waals surface area contributed by atoms with Crippen molar-refractivity contribution in [2.45, 2.75) is 50.7 Å². The summed E-state index contributed by atoms with van der Waals surface area (Å²) in [5.41, 5.74) is 0.568. The molecule has 5 heteroatoms. The van der Waals surface area contributed by atoms with Gasteiger partial charge in [-0.2, -0.15) is 0 Å². The SMILES string of the molecule is CC1CCN(C(=O)CCNC(=O)C(C)(C)C)c2ccccc2S1. The number of carbonyl (C=O) groups is 2. The summed E-state index contributed by atoms with van der Waals surface area (Å²) < 4.78 is 0. The first kappa shape index (κ1) is 17.9. The van der Waals surface area contributed by atoms with Gasteiger partial charge in [-0.3, -0.25) is 9.59 Å². The minimum Gasteiger partial charge on any atom is -0.355 e. The van der Waals surface area contributed by atoms with Crippen molar-refractivity contribution in [2.75, 3.05) is 18.0 Å². The number of nitrogens with zero attached hydrogens (tertiary/aromatic N) is 1. The van der Waals surface area contributed by atoms with Gasteiger partial charge in [-0.25, -0.2) is 0 Å². The molecule has 1 atom stereocenters. The van der Waals surface area contributed by atoms with Crippen molar-refractivity contribution in [3.8, 4) is 0 Å². The van der Waals surface area contributed by atoms with Gasteiger partial charge in [0.15, 0.2) is 0 Å². The molecule has 0 spiro atoms. The fourth-order valence-corrected chi connectivity index (χ4v) is 3.54. The first-order valence-corrected chi connectivity index (χ1v) is 9.01. The van der Waals surface area contributed by atoms with E-state index in [9.17, 15) is 9.59 Å². The molecular weight excluding hydrogens is 308 g/mol. The summed E-state index contributed by atoms with van der Waals surface area (Å²) in [6.45, 7) is 8.92. The van der Waals surface area contributed by atoms with E-state index in [4.69, 9.17) is 0 Å². The maximum Gasteiger partial charge on any atom is 0.228 e. The summed E-state index contributed by atoms with van der Waals surface area (Å²) in [4.78, 5) is 27.5. The quantitative estimate of drug-likeness (QED) is 0.921. The van der Waals surface area contributed by atoms with Gasteiger partial charge in [0.2, 0.25) is 11.8 Å². The van der Waals surface area contributed by atoms with Crippen LogP contribution < -0.4 is 10.2 Å². The Kier molecular flexibility index (Phi) is 5.74. The summed E-state index contributed by atoms with van der Waals surface area (Å²) >= 11 is 1.82. The average Bonchev–Trinajstić information content (AvgIpc) is 2.64. The molecule has 1 aromatic rings. The van der Waals surface area contributed by atoms with Gasteiger partial charge in [-0.05, 0) is 18.6 Å². The molecule has 2 amide bonds. The second-order valence-electron chi connectivity index (χ2n) is 6.99. The first-order chi connectivity index (χ1) is 10.8. The Morgan fingerprint density at radius 2 is 2.00 bits per heavy atom. The van der Waals surface area contributed by atoms with Crippen molar-refractivity contribution in [1.82, 2.24) is 5.32 Å². The Hall–Kier alpha value is -1.49. The highest BCUT2D eigenvalue weighted by molar-refractivity contribution is 8.00. The van der Waals surface area contributed by atoms with Gasteiger partial charge in [-0.15, -0.1) is 11.8 Å². The van der Waals surface area contributed by atoms with Crippen molar-refractivity contribution in [3.63, 3.8) is 0 Å². The summed E-state index contributed by atoms with van der Waals surface area (Å²) in [5, 5.41) is 3.34. The largest absolute Gasteiger partial charge is 0.355 e. The Bertz CT molecular complexity index is 581. The number of hydrogen-bond donors (Lipinski definition) is 1. The second-order valence-corrected chi connectivity index (χ2v) is 8.47. The third kappa shape index (κ3) is 4.74. The standard InChI is InChI=1S/C18H26N2O2S/c1-13-10-12-20(14-7-5-6-8-15(14)23-13)16(21)9-11-19-17(22)18(2,3)4/h5-8,13H,9-12H2,1-4H3,(H,19,22). The van der Waals surface area contributed by atoms with E-state index in [1.54, 1.807) is 0 Å². The number of anilines is 1. The van der Waals surface area contributed by atoms with E-state index in [1.807, 2.05) is 55.6 Å². The fraction of sp³-hybridized carbons (Fsp3) is 0.556. The summed E-state index contributed by atoms with van der Waals surface area (Å²) in [5.74, 6) is 0.0482. The molecular formula is C18H26N2O2S. The maximum absolute atomic E-state index is 12.6. The van der Waals surface area contributed by atoms with E-state index in [0.717, 1.165) is 23.5 Å². The highest BCUT2D eigenvalue weighted by Gasteiger charge is 2.25. The van der Waals surface area contributed by atoms with Crippen LogP contribution in [0.25, 0.3) is 0 Å². The van der Waals surface area contributed by atoms with Gasteiger partial charge in [-0.1, -0.05) is 39.8 Å². The van der Waals surface area contributed by atoms with Crippen molar-refractivity contribution >= 4 is 29.3 Å². The van der Waals surface area contributed by atoms with Crippen LogP contribution in [0.4, 0.5) is 5.69 Å². The number of para-hydroxylation sites is 1. The molecule has 4 nitrogen and oxygen atoms in total. The molecule has 0 aromatic heterocycles. The number of rotatable bonds is 3. The summed E-state index contributed by atoms with van der Waals surface area (Å²) in [6, 6.07) is 8.06. The molecule has 126 valence electrons. The van der Waals surface area contributed by atoms with E-state index < -0.39 is 5.41 Å². The van der Waals surface area contributed by atoms with Crippen LogP contribution in [0.5, 0.6) is 0 Å². The lowest BCUT2D eigenvalue weighted by atomic mass is 9.96. The molecule has 1 unspecified atom stereocenters. The summed E-state index contributed by atoms with van der Waals surface area (Å²) in [7, 11) is 0. The predicted octanol–water partition coefficient (Wildman–Crippen LogP) is 3.46. The lowest BCUT2D eigenvalue weighted by Crippen LogP contribution is -2.39. The van der Waals surface area contributed by atoms with E-state index in [1.165, 1.54) is 0 Å². The molecule has 0 saturated carbocycles. The van der Waals surface area contributed by atoms with Gasteiger partial charge in [0.05, 0.1) is 5.69 Å². The van der Waals surface area contributed by atoms with Crippen molar-refractivity contribution < 1.29 is 9.59 Å². The highest BCUT2D eigenvalue weighted by Crippen LogP contribution is 2.37. The van der Waals surface area contributed by atoms with Gasteiger partial charge in [0.25, 0.3) is 0 Å². The number of benzene rings is 1. The Balaban J connectivity index is 2.01. The normalized spacial score (nSPS) is 18.1. The predicted molar refractivity (Wildman–Crippen MR) is 95.8 cm³/mol. The number of amides is 2. The van der Waals surface area contributed by atoms with Gasteiger partial charge in [0.1, 0.15) is 0 Å². The van der Waals surface area contributed by atoms with Crippen LogP contribution >= 0.6 is 11.8 Å². The third-order valence-corrected chi connectivity index (χ3v) is 5.09. The topological polar surface area (TPSA) is 49.4 Å². The van der Waals surface area contributed by atoms with Crippen LogP contribution in [0, 0.1) is 5.41 Å². The molecule has 1 aliphatic rings. The fourth-order valence-electron chi connectivity index (χ4n) is 2.43. The van der Waals surface area contributed by atoms with Crippen LogP contribution in [0.15, 0.2) is 29.2 Å². The molecule has 0 radical (unpaired) electrons.